The Kier molecular flexibility index (Phi) is 5.73. The van der Waals surface area contributed by atoms with Crippen LogP contribution in [0.4, 0.5) is 28.0 Å². The summed E-state index contributed by atoms with van der Waals surface area (Å²) in [5.41, 5.74) is -0.917. The molecule has 1 saturated heterocycles. The van der Waals surface area contributed by atoms with Crippen LogP contribution in [0.3, 0.4) is 0 Å². The predicted octanol–water partition coefficient (Wildman–Crippen LogP) is 4.52. The Morgan fingerprint density at radius 2 is 1.83 bits per heavy atom. The molecule has 2 aromatic carbocycles. The first kappa shape index (κ1) is 20.6. The van der Waals surface area contributed by atoms with E-state index in [0.29, 0.717) is 16.7 Å². The van der Waals surface area contributed by atoms with Crippen molar-refractivity contribution in [3.63, 3.8) is 0 Å². The number of hydrogen-bond donors (Lipinski definition) is 1. The Balaban J connectivity index is 1.73. The second-order valence-electron chi connectivity index (χ2n) is 5.92. The van der Waals surface area contributed by atoms with E-state index in [1.54, 1.807) is 0 Å². The quantitative estimate of drug-likeness (QED) is 0.579. The van der Waals surface area contributed by atoms with Gasteiger partial charge in [0.2, 0.25) is 5.91 Å². The van der Waals surface area contributed by atoms with Crippen molar-refractivity contribution in [1.82, 2.24) is 4.90 Å². The van der Waals surface area contributed by atoms with E-state index in [-0.39, 0.29) is 16.2 Å². The van der Waals surface area contributed by atoms with Crippen molar-refractivity contribution >= 4 is 40.6 Å². The molecule has 1 fully saturated rings. The number of anilines is 1. The van der Waals surface area contributed by atoms with Gasteiger partial charge in [0.25, 0.3) is 11.1 Å². The molecular formula is C19H12F4N2O3S. The first-order valence-electron chi connectivity index (χ1n) is 8.12. The third-order valence-electron chi connectivity index (χ3n) is 3.83. The number of halogens is 4. The maximum Gasteiger partial charge on any atom is 0.416 e. The summed E-state index contributed by atoms with van der Waals surface area (Å²) in [6, 6.07) is 9.64. The van der Waals surface area contributed by atoms with Gasteiger partial charge in [0, 0.05) is 0 Å². The fourth-order valence-electron chi connectivity index (χ4n) is 2.49. The number of hydrogen-bond acceptors (Lipinski definition) is 4. The number of thioether (sulfide) groups is 1. The minimum absolute atomic E-state index is 0.0844. The minimum atomic E-state index is -4.55. The normalized spacial score (nSPS) is 15.9. The van der Waals surface area contributed by atoms with Gasteiger partial charge >= 0.3 is 6.18 Å². The average Bonchev–Trinajstić information content (AvgIpc) is 2.90. The van der Waals surface area contributed by atoms with Gasteiger partial charge in [0.1, 0.15) is 12.4 Å². The van der Waals surface area contributed by atoms with Crippen LogP contribution in [-0.4, -0.2) is 28.5 Å². The highest BCUT2D eigenvalue weighted by Gasteiger charge is 2.36. The van der Waals surface area contributed by atoms with Gasteiger partial charge in [-0.15, -0.1) is 0 Å². The molecule has 2 aromatic rings. The number of amides is 3. The molecule has 0 atom stereocenters. The van der Waals surface area contributed by atoms with E-state index in [1.165, 1.54) is 30.3 Å². The number of alkyl halides is 3. The molecule has 0 aromatic heterocycles. The minimum Gasteiger partial charge on any atom is -0.322 e. The summed E-state index contributed by atoms with van der Waals surface area (Å²) in [5, 5.41) is 1.50. The monoisotopic (exact) mass is 424 g/mol. The summed E-state index contributed by atoms with van der Waals surface area (Å²) in [4.78, 5) is 37.0. The van der Waals surface area contributed by atoms with Crippen LogP contribution in [0, 0.1) is 5.82 Å². The van der Waals surface area contributed by atoms with E-state index in [2.05, 4.69) is 5.32 Å². The zero-order valence-electron chi connectivity index (χ0n) is 14.5. The molecule has 150 valence electrons. The van der Waals surface area contributed by atoms with Gasteiger partial charge < -0.3 is 5.32 Å². The largest absolute Gasteiger partial charge is 0.416 e. The van der Waals surface area contributed by atoms with E-state index in [4.69, 9.17) is 0 Å². The van der Waals surface area contributed by atoms with Crippen LogP contribution in [-0.2, 0) is 15.8 Å². The number of carbonyl (C=O) groups excluding carboxylic acids is 3. The molecule has 5 nitrogen and oxygen atoms in total. The molecule has 0 saturated carbocycles. The lowest BCUT2D eigenvalue weighted by atomic mass is 10.1. The van der Waals surface area contributed by atoms with Crippen LogP contribution in [0.5, 0.6) is 0 Å². The van der Waals surface area contributed by atoms with E-state index < -0.39 is 41.2 Å². The van der Waals surface area contributed by atoms with Crippen molar-refractivity contribution in [2.75, 3.05) is 11.9 Å². The van der Waals surface area contributed by atoms with Crippen LogP contribution >= 0.6 is 11.8 Å². The first-order chi connectivity index (χ1) is 13.6. The number of carbonyl (C=O) groups is 3. The summed E-state index contributed by atoms with van der Waals surface area (Å²) in [7, 11) is 0. The lowest BCUT2D eigenvalue weighted by molar-refractivity contribution is -0.137. The summed E-state index contributed by atoms with van der Waals surface area (Å²) in [5.74, 6) is -2.29. The van der Waals surface area contributed by atoms with Gasteiger partial charge in [-0.05, 0) is 47.7 Å². The van der Waals surface area contributed by atoms with E-state index >= 15 is 0 Å². The van der Waals surface area contributed by atoms with Crippen molar-refractivity contribution < 1.29 is 31.9 Å². The van der Waals surface area contributed by atoms with Crippen molar-refractivity contribution in [3.05, 3.63) is 70.4 Å². The highest BCUT2D eigenvalue weighted by atomic mass is 32.2. The van der Waals surface area contributed by atoms with E-state index in [0.717, 1.165) is 24.3 Å². The molecule has 1 heterocycles. The Morgan fingerprint density at radius 1 is 1.10 bits per heavy atom. The Labute approximate surface area is 166 Å². The molecule has 10 heteroatoms. The molecule has 3 rings (SSSR count). The Hall–Kier alpha value is -3.14. The van der Waals surface area contributed by atoms with Gasteiger partial charge in [0.15, 0.2) is 0 Å². The second kappa shape index (κ2) is 8.08. The summed E-state index contributed by atoms with van der Waals surface area (Å²) in [6.07, 6.45) is -3.40. The summed E-state index contributed by atoms with van der Waals surface area (Å²) >= 11 is 0.505. The Bertz CT molecular complexity index is 1020. The zero-order chi connectivity index (χ0) is 21.2. The molecule has 0 aliphatic carbocycles. The maximum atomic E-state index is 13.6. The van der Waals surface area contributed by atoms with Gasteiger partial charge in [-0.3, -0.25) is 19.3 Å². The molecule has 1 aliphatic rings. The SMILES string of the molecule is O=C(CN1C(=O)SC(=Cc2cccc(C(F)(F)F)c2)C1=O)Nc1ccccc1F. The number of nitrogens with one attached hydrogen (secondary N) is 1. The average molecular weight is 424 g/mol. The lowest BCUT2D eigenvalue weighted by Gasteiger charge is -2.12. The fraction of sp³-hybridized carbons (Fsp3) is 0.105. The van der Waals surface area contributed by atoms with Crippen molar-refractivity contribution in [3.8, 4) is 0 Å². The molecular weight excluding hydrogens is 412 g/mol. The van der Waals surface area contributed by atoms with Gasteiger partial charge in [-0.25, -0.2) is 4.39 Å². The van der Waals surface area contributed by atoms with Crippen molar-refractivity contribution in [2.24, 2.45) is 0 Å². The lowest BCUT2D eigenvalue weighted by Crippen LogP contribution is -2.36. The number of nitrogens with zero attached hydrogens (tertiary/aromatic N) is 1. The number of benzene rings is 2. The summed E-state index contributed by atoms with van der Waals surface area (Å²) in [6.45, 7) is -0.654. The van der Waals surface area contributed by atoms with Crippen LogP contribution in [0.2, 0.25) is 0 Å². The van der Waals surface area contributed by atoms with Crippen molar-refractivity contribution in [2.45, 2.75) is 6.18 Å². The maximum absolute atomic E-state index is 13.6. The smallest absolute Gasteiger partial charge is 0.322 e. The summed E-state index contributed by atoms with van der Waals surface area (Å²) < 4.78 is 52.0. The van der Waals surface area contributed by atoms with Gasteiger partial charge in [-0.2, -0.15) is 13.2 Å². The predicted molar refractivity (Wildman–Crippen MR) is 99.2 cm³/mol. The van der Waals surface area contributed by atoms with Crippen LogP contribution in [0.1, 0.15) is 11.1 Å². The van der Waals surface area contributed by atoms with Crippen LogP contribution in [0.25, 0.3) is 6.08 Å². The molecule has 29 heavy (non-hydrogen) atoms. The number of para-hydroxylation sites is 1. The molecule has 0 bridgehead atoms. The molecule has 0 radical (unpaired) electrons. The molecule has 0 unspecified atom stereocenters. The standard InChI is InChI=1S/C19H12F4N2O3S/c20-13-6-1-2-7-14(13)24-16(26)10-25-17(27)15(29-18(25)28)9-11-4-3-5-12(8-11)19(21,22)23/h1-9H,10H2,(H,24,26). The molecule has 3 amide bonds. The van der Waals surface area contributed by atoms with Crippen LogP contribution < -0.4 is 5.32 Å². The molecule has 1 N–H and O–H groups in total. The third kappa shape index (κ3) is 4.83. The zero-order valence-corrected chi connectivity index (χ0v) is 15.3. The van der Waals surface area contributed by atoms with Crippen molar-refractivity contribution in [1.29, 1.82) is 0 Å². The van der Waals surface area contributed by atoms with E-state index in [1.807, 2.05) is 0 Å². The third-order valence-corrected chi connectivity index (χ3v) is 4.74. The molecule has 1 aliphatic heterocycles. The fourth-order valence-corrected chi connectivity index (χ4v) is 3.33. The van der Waals surface area contributed by atoms with Gasteiger partial charge in [-0.1, -0.05) is 24.3 Å². The van der Waals surface area contributed by atoms with Gasteiger partial charge in [0.05, 0.1) is 16.2 Å². The first-order valence-corrected chi connectivity index (χ1v) is 8.94. The Morgan fingerprint density at radius 3 is 2.52 bits per heavy atom. The molecule has 0 spiro atoms. The highest BCUT2D eigenvalue weighted by Crippen LogP contribution is 2.34. The second-order valence-corrected chi connectivity index (χ2v) is 6.91. The topological polar surface area (TPSA) is 66.5 Å². The highest BCUT2D eigenvalue weighted by molar-refractivity contribution is 8.18. The van der Waals surface area contributed by atoms with E-state index in [9.17, 15) is 31.9 Å². The number of imide groups is 1. The van der Waals surface area contributed by atoms with Crippen LogP contribution in [0.15, 0.2) is 53.4 Å². The number of rotatable bonds is 4.